The fourth-order valence-corrected chi connectivity index (χ4v) is 2.57. The maximum Gasteiger partial charge on any atom is 0.0798 e. The van der Waals surface area contributed by atoms with Gasteiger partial charge >= 0.3 is 0 Å². The van der Waals surface area contributed by atoms with Gasteiger partial charge in [-0.3, -0.25) is 4.90 Å². The minimum Gasteiger partial charge on any atom is -0.293 e. The second-order valence-electron chi connectivity index (χ2n) is 3.20. The molecule has 0 spiro atoms. The van der Waals surface area contributed by atoms with Crippen molar-refractivity contribution in [2.45, 2.75) is 13.0 Å². The van der Waals surface area contributed by atoms with Gasteiger partial charge in [0.15, 0.2) is 0 Å². The highest BCUT2D eigenvalue weighted by molar-refractivity contribution is 7.09. The van der Waals surface area contributed by atoms with E-state index in [0.717, 1.165) is 26.1 Å². The number of hydrogen-bond donors (Lipinski definition) is 0. The molecule has 0 saturated carbocycles. The van der Waals surface area contributed by atoms with Gasteiger partial charge in [0.25, 0.3) is 0 Å². The molecule has 13 heavy (non-hydrogen) atoms. The molecule has 0 aliphatic carbocycles. The molecule has 0 saturated heterocycles. The van der Waals surface area contributed by atoms with Crippen LogP contribution >= 0.6 is 22.9 Å². The summed E-state index contributed by atoms with van der Waals surface area (Å²) in [5.74, 6) is 0. The smallest absolute Gasteiger partial charge is 0.0798 e. The van der Waals surface area contributed by atoms with E-state index in [9.17, 15) is 0 Å². The van der Waals surface area contributed by atoms with Crippen molar-refractivity contribution in [3.63, 3.8) is 0 Å². The van der Waals surface area contributed by atoms with Crippen molar-refractivity contribution in [2.24, 2.45) is 0 Å². The number of nitrogens with zero attached hydrogens (tertiary/aromatic N) is 2. The molecule has 0 bridgehead atoms. The van der Waals surface area contributed by atoms with Crippen molar-refractivity contribution in [2.75, 3.05) is 13.1 Å². The maximum absolute atomic E-state index is 5.76. The molecular weight excluding hydrogens is 204 g/mol. The van der Waals surface area contributed by atoms with Crippen molar-refractivity contribution in [3.05, 3.63) is 27.7 Å². The van der Waals surface area contributed by atoms with Crippen LogP contribution in [0, 0.1) is 0 Å². The van der Waals surface area contributed by atoms with Crippen LogP contribution in [0.2, 0.25) is 0 Å². The fraction of sp³-hybridized carbons (Fsp3) is 0.444. The molecule has 0 aromatic carbocycles. The summed E-state index contributed by atoms with van der Waals surface area (Å²) < 4.78 is 0. The zero-order chi connectivity index (χ0) is 9.26. The molecule has 1 aliphatic heterocycles. The highest BCUT2D eigenvalue weighted by Gasteiger charge is 2.17. The zero-order valence-corrected chi connectivity index (χ0v) is 8.87. The van der Waals surface area contributed by atoms with Crippen LogP contribution in [0.25, 0.3) is 0 Å². The number of fused-ring (bicyclic) bond motifs is 1. The van der Waals surface area contributed by atoms with Crippen LogP contribution in [0.3, 0.4) is 0 Å². The minimum atomic E-state index is 0.716. The molecule has 0 fully saturated rings. The first kappa shape index (κ1) is 9.19. The Balaban J connectivity index is 2.04. The van der Waals surface area contributed by atoms with E-state index in [-0.39, 0.29) is 0 Å². The van der Waals surface area contributed by atoms with Crippen molar-refractivity contribution in [3.8, 4) is 0 Å². The van der Waals surface area contributed by atoms with Gasteiger partial charge < -0.3 is 0 Å². The summed E-state index contributed by atoms with van der Waals surface area (Å²) in [6.07, 6.45) is 1.04. The molecular formula is C9H11ClN2S. The third kappa shape index (κ3) is 2.10. The molecule has 0 amide bonds. The van der Waals surface area contributed by atoms with Crippen LogP contribution in [0.5, 0.6) is 0 Å². The first-order chi connectivity index (χ1) is 6.25. The van der Waals surface area contributed by atoms with Gasteiger partial charge in [-0.1, -0.05) is 18.2 Å². The topological polar surface area (TPSA) is 16.1 Å². The SMILES string of the molecule is C=C(Cl)CN1CCc2ncsc2C1. The Morgan fingerprint density at radius 1 is 1.77 bits per heavy atom. The van der Waals surface area contributed by atoms with Crippen LogP contribution in [0.1, 0.15) is 10.6 Å². The Morgan fingerprint density at radius 3 is 3.38 bits per heavy atom. The summed E-state index contributed by atoms with van der Waals surface area (Å²) in [6, 6.07) is 0. The highest BCUT2D eigenvalue weighted by atomic mass is 35.5. The molecule has 1 aromatic rings. The minimum absolute atomic E-state index is 0.716. The molecule has 1 aliphatic rings. The fourth-order valence-electron chi connectivity index (χ4n) is 1.55. The van der Waals surface area contributed by atoms with Gasteiger partial charge in [-0.2, -0.15) is 0 Å². The Bertz CT molecular complexity index is 321. The lowest BCUT2D eigenvalue weighted by Crippen LogP contribution is -2.30. The first-order valence-electron chi connectivity index (χ1n) is 4.22. The molecule has 4 heteroatoms. The summed E-state index contributed by atoms with van der Waals surface area (Å²) in [5, 5.41) is 0.716. The van der Waals surface area contributed by atoms with Crippen LogP contribution in [0.4, 0.5) is 0 Å². The van der Waals surface area contributed by atoms with Gasteiger partial charge in [0, 0.05) is 36.0 Å². The Morgan fingerprint density at radius 2 is 2.62 bits per heavy atom. The van der Waals surface area contributed by atoms with Crippen molar-refractivity contribution >= 4 is 22.9 Å². The van der Waals surface area contributed by atoms with E-state index in [1.807, 2.05) is 5.51 Å². The third-order valence-electron chi connectivity index (χ3n) is 2.15. The number of thiazole rings is 1. The lowest BCUT2D eigenvalue weighted by molar-refractivity contribution is 0.281. The van der Waals surface area contributed by atoms with Crippen molar-refractivity contribution in [1.82, 2.24) is 9.88 Å². The average Bonchev–Trinajstić information content (AvgIpc) is 2.49. The molecule has 2 nitrogen and oxygen atoms in total. The van der Waals surface area contributed by atoms with Crippen LogP contribution < -0.4 is 0 Å². The Kier molecular flexibility index (Phi) is 2.67. The average molecular weight is 215 g/mol. The number of halogens is 1. The molecule has 2 heterocycles. The zero-order valence-electron chi connectivity index (χ0n) is 7.29. The molecule has 1 aromatic heterocycles. The normalized spacial score (nSPS) is 17.0. The monoisotopic (exact) mass is 214 g/mol. The van der Waals surface area contributed by atoms with Gasteiger partial charge in [-0.05, 0) is 0 Å². The summed E-state index contributed by atoms with van der Waals surface area (Å²) in [5.41, 5.74) is 3.19. The standard InChI is InChI=1S/C9H11ClN2S/c1-7(10)4-12-3-2-8-9(5-12)13-6-11-8/h6H,1-5H2. The van der Waals surface area contributed by atoms with Crippen molar-refractivity contribution in [1.29, 1.82) is 0 Å². The van der Waals surface area contributed by atoms with E-state index < -0.39 is 0 Å². The van der Waals surface area contributed by atoms with E-state index in [1.165, 1.54) is 10.6 Å². The predicted octanol–water partition coefficient (Wildman–Crippen LogP) is 2.25. The van der Waals surface area contributed by atoms with E-state index >= 15 is 0 Å². The lowest BCUT2D eigenvalue weighted by atomic mass is 10.2. The maximum atomic E-state index is 5.76. The Labute approximate surface area is 86.8 Å². The summed E-state index contributed by atoms with van der Waals surface area (Å²) in [6.45, 7) is 6.52. The predicted molar refractivity (Wildman–Crippen MR) is 56.1 cm³/mol. The van der Waals surface area contributed by atoms with Gasteiger partial charge in [0.05, 0.1) is 11.2 Å². The van der Waals surface area contributed by atoms with Crippen LogP contribution in [-0.2, 0) is 13.0 Å². The number of hydrogen-bond acceptors (Lipinski definition) is 3. The van der Waals surface area contributed by atoms with Crippen LogP contribution in [-0.4, -0.2) is 23.0 Å². The van der Waals surface area contributed by atoms with Crippen LogP contribution in [0.15, 0.2) is 17.1 Å². The van der Waals surface area contributed by atoms with E-state index in [1.54, 1.807) is 11.3 Å². The van der Waals surface area contributed by atoms with E-state index in [4.69, 9.17) is 11.6 Å². The third-order valence-corrected chi connectivity index (χ3v) is 3.13. The van der Waals surface area contributed by atoms with Gasteiger partial charge in [-0.25, -0.2) is 4.98 Å². The second-order valence-corrected chi connectivity index (χ2v) is 4.67. The molecule has 70 valence electrons. The molecule has 0 atom stereocenters. The molecule has 0 radical (unpaired) electrons. The van der Waals surface area contributed by atoms with E-state index in [0.29, 0.717) is 5.03 Å². The molecule has 0 unspecified atom stereocenters. The summed E-state index contributed by atoms with van der Waals surface area (Å²) in [7, 11) is 0. The molecule has 0 N–H and O–H groups in total. The van der Waals surface area contributed by atoms with Crippen molar-refractivity contribution < 1.29 is 0 Å². The summed E-state index contributed by atoms with van der Waals surface area (Å²) >= 11 is 7.49. The Hall–Kier alpha value is -0.380. The number of rotatable bonds is 2. The summed E-state index contributed by atoms with van der Waals surface area (Å²) in [4.78, 5) is 7.99. The number of aromatic nitrogens is 1. The first-order valence-corrected chi connectivity index (χ1v) is 5.48. The highest BCUT2D eigenvalue weighted by Crippen LogP contribution is 2.22. The van der Waals surface area contributed by atoms with Gasteiger partial charge in [0.1, 0.15) is 0 Å². The van der Waals surface area contributed by atoms with E-state index in [2.05, 4.69) is 16.5 Å². The van der Waals surface area contributed by atoms with Gasteiger partial charge in [0.2, 0.25) is 0 Å². The molecule has 2 rings (SSSR count). The van der Waals surface area contributed by atoms with Gasteiger partial charge in [-0.15, -0.1) is 11.3 Å². The lowest BCUT2D eigenvalue weighted by Gasteiger charge is -2.25. The quantitative estimate of drug-likeness (QED) is 0.751. The second kappa shape index (κ2) is 3.78. The largest absolute Gasteiger partial charge is 0.293 e.